The minimum Gasteiger partial charge on any atom is -0.321 e. The van der Waals surface area contributed by atoms with Gasteiger partial charge in [-0.3, -0.25) is 0 Å². The van der Waals surface area contributed by atoms with E-state index in [9.17, 15) is 0 Å². The van der Waals surface area contributed by atoms with Crippen LogP contribution < -0.4 is 5.73 Å². The van der Waals surface area contributed by atoms with Crippen molar-refractivity contribution in [3.63, 3.8) is 0 Å². The standard InChI is InChI=1S/C20H37N/c1-4-5-6-7-8-9-10-11-12-13-16-20(21)17-14-15-18(2)19(20)3/h14-15,17,19H,4-13,16,21H2,1-3H3. The first-order valence-corrected chi connectivity index (χ1v) is 9.25. The first-order chi connectivity index (χ1) is 10.1. The van der Waals surface area contributed by atoms with E-state index >= 15 is 0 Å². The van der Waals surface area contributed by atoms with Gasteiger partial charge in [0.15, 0.2) is 0 Å². The van der Waals surface area contributed by atoms with Crippen LogP contribution in [0.25, 0.3) is 0 Å². The molecule has 0 amide bonds. The van der Waals surface area contributed by atoms with Gasteiger partial charge >= 0.3 is 0 Å². The lowest BCUT2D eigenvalue weighted by Crippen LogP contribution is -2.45. The highest BCUT2D eigenvalue weighted by molar-refractivity contribution is 5.28. The maximum Gasteiger partial charge on any atom is 0.0405 e. The van der Waals surface area contributed by atoms with E-state index in [2.05, 4.69) is 39.0 Å². The average molecular weight is 292 g/mol. The van der Waals surface area contributed by atoms with Crippen molar-refractivity contribution in [1.82, 2.24) is 0 Å². The molecule has 0 fully saturated rings. The summed E-state index contributed by atoms with van der Waals surface area (Å²) in [7, 11) is 0. The minimum atomic E-state index is -0.0982. The quantitative estimate of drug-likeness (QED) is 0.454. The van der Waals surface area contributed by atoms with Gasteiger partial charge in [0.2, 0.25) is 0 Å². The lowest BCUT2D eigenvalue weighted by molar-refractivity contribution is 0.356. The summed E-state index contributed by atoms with van der Waals surface area (Å²) in [6.45, 7) is 6.75. The zero-order valence-corrected chi connectivity index (χ0v) is 14.7. The molecule has 0 aromatic heterocycles. The molecule has 0 bridgehead atoms. The summed E-state index contributed by atoms with van der Waals surface area (Å²) in [5, 5.41) is 0. The Kier molecular flexibility index (Phi) is 8.99. The number of unbranched alkanes of at least 4 members (excludes halogenated alkanes) is 9. The zero-order chi connectivity index (χ0) is 15.6. The van der Waals surface area contributed by atoms with E-state index in [-0.39, 0.29) is 5.54 Å². The Morgan fingerprint density at radius 1 is 0.952 bits per heavy atom. The fraction of sp³-hybridized carbons (Fsp3) is 0.800. The van der Waals surface area contributed by atoms with Crippen molar-refractivity contribution in [2.75, 3.05) is 0 Å². The summed E-state index contributed by atoms with van der Waals surface area (Å²) in [5.41, 5.74) is 7.90. The van der Waals surface area contributed by atoms with Gasteiger partial charge in [-0.25, -0.2) is 0 Å². The highest BCUT2D eigenvalue weighted by Crippen LogP contribution is 2.31. The molecule has 1 aliphatic rings. The SMILES string of the molecule is CCCCCCCCCCCCC1(N)C=CC=C(C)C1C. The first-order valence-electron chi connectivity index (χ1n) is 9.25. The smallest absolute Gasteiger partial charge is 0.0405 e. The molecule has 0 spiro atoms. The Morgan fingerprint density at radius 3 is 2.05 bits per heavy atom. The molecule has 1 rings (SSSR count). The van der Waals surface area contributed by atoms with Crippen LogP contribution in [0.4, 0.5) is 0 Å². The topological polar surface area (TPSA) is 26.0 Å². The summed E-state index contributed by atoms with van der Waals surface area (Å²) in [5.74, 6) is 0.487. The summed E-state index contributed by atoms with van der Waals surface area (Å²) >= 11 is 0. The summed E-state index contributed by atoms with van der Waals surface area (Å²) in [6.07, 6.45) is 21.6. The van der Waals surface area contributed by atoms with E-state index in [0.717, 1.165) is 6.42 Å². The maximum absolute atomic E-state index is 6.57. The van der Waals surface area contributed by atoms with Crippen LogP contribution >= 0.6 is 0 Å². The molecule has 0 heterocycles. The number of hydrogen-bond acceptors (Lipinski definition) is 1. The molecule has 0 aromatic carbocycles. The van der Waals surface area contributed by atoms with Crippen molar-refractivity contribution >= 4 is 0 Å². The number of rotatable bonds is 11. The highest BCUT2D eigenvalue weighted by atomic mass is 14.7. The molecule has 1 heteroatoms. The fourth-order valence-electron chi connectivity index (χ4n) is 3.31. The fourth-order valence-corrected chi connectivity index (χ4v) is 3.31. The third kappa shape index (κ3) is 6.82. The molecule has 0 radical (unpaired) electrons. The number of nitrogens with two attached hydrogens (primary N) is 1. The third-order valence-corrected chi connectivity index (χ3v) is 5.22. The zero-order valence-electron chi connectivity index (χ0n) is 14.7. The van der Waals surface area contributed by atoms with E-state index in [1.165, 1.54) is 69.8 Å². The molecule has 1 nitrogen and oxygen atoms in total. The van der Waals surface area contributed by atoms with Gasteiger partial charge < -0.3 is 5.73 Å². The lowest BCUT2D eigenvalue weighted by atomic mass is 9.75. The van der Waals surface area contributed by atoms with E-state index in [0.29, 0.717) is 5.92 Å². The largest absolute Gasteiger partial charge is 0.321 e. The van der Waals surface area contributed by atoms with E-state index in [4.69, 9.17) is 5.73 Å². The maximum atomic E-state index is 6.57. The average Bonchev–Trinajstić information content (AvgIpc) is 2.47. The Balaban J connectivity index is 2.02. The van der Waals surface area contributed by atoms with Crippen LogP contribution in [0.15, 0.2) is 23.8 Å². The molecular weight excluding hydrogens is 254 g/mol. The molecule has 122 valence electrons. The van der Waals surface area contributed by atoms with Crippen molar-refractivity contribution in [3.05, 3.63) is 23.8 Å². The minimum absolute atomic E-state index is 0.0982. The van der Waals surface area contributed by atoms with Crippen LogP contribution in [0.1, 0.15) is 91.4 Å². The van der Waals surface area contributed by atoms with Gasteiger partial charge in [-0.1, -0.05) is 102 Å². The molecule has 0 saturated carbocycles. The van der Waals surface area contributed by atoms with Crippen molar-refractivity contribution in [3.8, 4) is 0 Å². The molecule has 1 aliphatic carbocycles. The second kappa shape index (κ2) is 10.2. The third-order valence-electron chi connectivity index (χ3n) is 5.22. The molecule has 21 heavy (non-hydrogen) atoms. The Bertz CT molecular complexity index is 329. The van der Waals surface area contributed by atoms with Gasteiger partial charge in [-0.2, -0.15) is 0 Å². The van der Waals surface area contributed by atoms with E-state index < -0.39 is 0 Å². The van der Waals surface area contributed by atoms with Gasteiger partial charge in [0.25, 0.3) is 0 Å². The van der Waals surface area contributed by atoms with Gasteiger partial charge in [0, 0.05) is 5.54 Å². The van der Waals surface area contributed by atoms with Gasteiger partial charge in [0.05, 0.1) is 0 Å². The monoisotopic (exact) mass is 291 g/mol. The number of allylic oxidation sites excluding steroid dienone is 2. The molecule has 2 N–H and O–H groups in total. The second-order valence-electron chi connectivity index (χ2n) is 7.04. The van der Waals surface area contributed by atoms with Gasteiger partial charge in [-0.15, -0.1) is 0 Å². The summed E-state index contributed by atoms with van der Waals surface area (Å²) in [4.78, 5) is 0. The lowest BCUT2D eigenvalue weighted by Gasteiger charge is -2.35. The van der Waals surface area contributed by atoms with Crippen molar-refractivity contribution < 1.29 is 0 Å². The Hall–Kier alpha value is -0.560. The molecule has 0 saturated heterocycles. The van der Waals surface area contributed by atoms with Gasteiger partial charge in [0.1, 0.15) is 0 Å². The van der Waals surface area contributed by atoms with E-state index in [1.807, 2.05) is 0 Å². The molecule has 2 atom stereocenters. The van der Waals surface area contributed by atoms with Gasteiger partial charge in [-0.05, 0) is 19.3 Å². The molecule has 0 aliphatic heterocycles. The predicted octanol–water partition coefficient (Wildman–Crippen LogP) is 6.15. The normalized spacial score (nSPS) is 25.1. The van der Waals surface area contributed by atoms with Crippen LogP contribution in [0.3, 0.4) is 0 Å². The van der Waals surface area contributed by atoms with Crippen LogP contribution in [0.2, 0.25) is 0 Å². The van der Waals surface area contributed by atoms with Crippen molar-refractivity contribution in [2.45, 2.75) is 96.9 Å². The second-order valence-corrected chi connectivity index (χ2v) is 7.04. The van der Waals surface area contributed by atoms with Crippen LogP contribution in [0.5, 0.6) is 0 Å². The summed E-state index contributed by atoms with van der Waals surface area (Å²) < 4.78 is 0. The molecule has 2 unspecified atom stereocenters. The Labute approximate surface area is 133 Å². The molecule has 0 aromatic rings. The first kappa shape index (κ1) is 18.5. The van der Waals surface area contributed by atoms with Crippen LogP contribution in [-0.4, -0.2) is 5.54 Å². The number of hydrogen-bond donors (Lipinski definition) is 1. The van der Waals surface area contributed by atoms with Crippen molar-refractivity contribution in [2.24, 2.45) is 11.7 Å². The predicted molar refractivity (Wildman–Crippen MR) is 95.4 cm³/mol. The molecular formula is C20H37N. The highest BCUT2D eigenvalue weighted by Gasteiger charge is 2.30. The van der Waals surface area contributed by atoms with Crippen LogP contribution in [-0.2, 0) is 0 Å². The summed E-state index contributed by atoms with van der Waals surface area (Å²) in [6, 6.07) is 0. The van der Waals surface area contributed by atoms with E-state index in [1.54, 1.807) is 0 Å². The van der Waals surface area contributed by atoms with Crippen molar-refractivity contribution in [1.29, 1.82) is 0 Å². The Morgan fingerprint density at radius 2 is 1.48 bits per heavy atom. The van der Waals surface area contributed by atoms with Crippen LogP contribution in [0, 0.1) is 5.92 Å².